The lowest BCUT2D eigenvalue weighted by Crippen LogP contribution is -2.34. The van der Waals surface area contributed by atoms with Crippen LogP contribution in [0, 0.1) is 0 Å². The Labute approximate surface area is 184 Å². The smallest absolute Gasteiger partial charge is 0.319 e. The van der Waals surface area contributed by atoms with Crippen molar-refractivity contribution in [2.45, 2.75) is 37.1 Å². The average molecular weight is 441 g/mol. The molecule has 0 fully saturated rings. The van der Waals surface area contributed by atoms with E-state index in [1.165, 1.54) is 0 Å². The molecule has 0 atom stereocenters. The Morgan fingerprint density at radius 1 is 1.10 bits per heavy atom. The topological polar surface area (TPSA) is 83.1 Å². The van der Waals surface area contributed by atoms with E-state index in [9.17, 15) is 9.59 Å². The van der Waals surface area contributed by atoms with Gasteiger partial charge < -0.3 is 16.0 Å². The first-order valence-electron chi connectivity index (χ1n) is 9.55. The highest BCUT2D eigenvalue weighted by Crippen LogP contribution is 2.26. The fourth-order valence-electron chi connectivity index (χ4n) is 2.65. The number of anilines is 1. The number of benzene rings is 2. The largest absolute Gasteiger partial charge is 0.348 e. The number of nitrogens with zero attached hydrogens (tertiary/aromatic N) is 1. The van der Waals surface area contributed by atoms with E-state index in [1.54, 1.807) is 23.1 Å². The predicted molar refractivity (Wildman–Crippen MR) is 123 cm³/mol. The molecule has 0 bridgehead atoms. The Balaban J connectivity index is 1.55. The van der Waals surface area contributed by atoms with E-state index in [-0.39, 0.29) is 18.0 Å². The maximum atomic E-state index is 12.7. The summed E-state index contributed by atoms with van der Waals surface area (Å²) in [6, 6.07) is 14.8. The average Bonchev–Trinajstić information content (AvgIpc) is 3.25. The number of hydrogen-bond donors (Lipinski definition) is 3. The van der Waals surface area contributed by atoms with E-state index < -0.39 is 0 Å². The number of aromatic nitrogens is 1. The van der Waals surface area contributed by atoms with Crippen LogP contribution in [0.25, 0.3) is 0 Å². The minimum absolute atomic E-state index is 0.0713. The second-order valence-electron chi connectivity index (χ2n) is 6.90. The van der Waals surface area contributed by atoms with Crippen LogP contribution in [0.3, 0.4) is 0 Å². The lowest BCUT2D eigenvalue weighted by atomic mass is 10.2. The van der Waals surface area contributed by atoms with E-state index in [2.05, 4.69) is 20.9 Å². The van der Waals surface area contributed by atoms with Crippen molar-refractivity contribution in [1.82, 2.24) is 15.6 Å². The summed E-state index contributed by atoms with van der Waals surface area (Å²) in [5, 5.41) is 10.5. The van der Waals surface area contributed by atoms with E-state index >= 15 is 0 Å². The molecule has 0 saturated heterocycles. The number of nitrogens with one attached hydrogen (secondary N) is 3. The molecule has 0 unspecified atom stereocenters. The molecule has 0 aliphatic rings. The zero-order valence-electron chi connectivity index (χ0n) is 16.8. The van der Waals surface area contributed by atoms with Crippen LogP contribution in [0.15, 0.2) is 64.3 Å². The van der Waals surface area contributed by atoms with Gasteiger partial charge in [-0.25, -0.2) is 9.78 Å². The third-order valence-electron chi connectivity index (χ3n) is 4.08. The van der Waals surface area contributed by atoms with Crippen molar-refractivity contribution in [3.8, 4) is 0 Å². The van der Waals surface area contributed by atoms with Gasteiger partial charge in [-0.1, -0.05) is 24.3 Å². The molecule has 0 aliphatic carbocycles. The Kier molecular flexibility index (Phi) is 7.87. The molecule has 0 saturated carbocycles. The highest BCUT2D eigenvalue weighted by atomic mass is 32.2. The molecule has 3 amide bonds. The highest BCUT2D eigenvalue weighted by molar-refractivity contribution is 7.98. The number of carbonyl (C=O) groups is 2. The van der Waals surface area contributed by atoms with Crippen LogP contribution in [0.1, 0.15) is 35.5 Å². The van der Waals surface area contributed by atoms with Crippen LogP contribution >= 0.6 is 23.1 Å². The number of hydrogen-bond acceptors (Lipinski definition) is 5. The van der Waals surface area contributed by atoms with Crippen LogP contribution in [0.2, 0.25) is 0 Å². The number of carbonyl (C=O) groups excluding carboxylic acids is 2. The Morgan fingerprint density at radius 2 is 1.87 bits per heavy atom. The van der Waals surface area contributed by atoms with Crippen molar-refractivity contribution in [1.29, 1.82) is 0 Å². The minimum atomic E-state index is -0.238. The third kappa shape index (κ3) is 6.60. The molecule has 3 aromatic rings. The first kappa shape index (κ1) is 21.9. The zero-order chi connectivity index (χ0) is 21.3. The summed E-state index contributed by atoms with van der Waals surface area (Å²) in [5.41, 5.74) is 5.13. The quantitative estimate of drug-likeness (QED) is 0.435. The lowest BCUT2D eigenvalue weighted by Gasteiger charge is -2.11. The molecule has 8 heteroatoms. The van der Waals surface area contributed by atoms with E-state index in [1.807, 2.05) is 73.3 Å². The number of thiazole rings is 1. The van der Waals surface area contributed by atoms with Crippen LogP contribution in [0.5, 0.6) is 0 Å². The fraction of sp³-hybridized carbons (Fsp3) is 0.227. The fourth-order valence-corrected chi connectivity index (χ4v) is 4.27. The van der Waals surface area contributed by atoms with Gasteiger partial charge in [0.25, 0.3) is 5.91 Å². The van der Waals surface area contributed by atoms with E-state index in [0.717, 1.165) is 21.9 Å². The second-order valence-corrected chi connectivity index (χ2v) is 8.63. The van der Waals surface area contributed by atoms with Gasteiger partial charge in [0.15, 0.2) is 0 Å². The van der Waals surface area contributed by atoms with Gasteiger partial charge in [0.05, 0.1) is 16.8 Å². The molecular weight excluding hydrogens is 416 g/mol. The predicted octanol–water partition coefficient (Wildman–Crippen LogP) is 4.90. The number of rotatable bonds is 8. The zero-order valence-corrected chi connectivity index (χ0v) is 18.5. The number of urea groups is 1. The molecule has 0 aliphatic heterocycles. The van der Waals surface area contributed by atoms with Gasteiger partial charge in [-0.3, -0.25) is 4.79 Å². The SMILES string of the molecule is CC(C)NC(=O)Nc1ccc(CNC(=O)c2ccccc2SCc2cscn2)cc1. The summed E-state index contributed by atoms with van der Waals surface area (Å²) in [7, 11) is 0. The van der Waals surface area contributed by atoms with E-state index in [4.69, 9.17) is 0 Å². The van der Waals surface area contributed by atoms with Gasteiger partial charge in [-0.05, 0) is 43.7 Å². The standard InChI is InChI=1S/C22H24N4O2S2/c1-15(2)25-22(28)26-17-9-7-16(8-10-17)11-23-21(27)19-5-3-4-6-20(19)30-13-18-12-29-14-24-18/h3-10,12,14-15H,11,13H2,1-2H3,(H,23,27)(H2,25,26,28). The van der Waals surface area contributed by atoms with Crippen LogP contribution < -0.4 is 16.0 Å². The summed E-state index contributed by atoms with van der Waals surface area (Å²) in [6.45, 7) is 4.21. The first-order valence-corrected chi connectivity index (χ1v) is 11.5. The van der Waals surface area contributed by atoms with Gasteiger partial charge in [-0.15, -0.1) is 23.1 Å². The molecule has 0 spiro atoms. The van der Waals surface area contributed by atoms with Gasteiger partial charge in [0.1, 0.15) is 0 Å². The molecule has 3 rings (SSSR count). The Bertz CT molecular complexity index is 973. The third-order valence-corrected chi connectivity index (χ3v) is 5.82. The molecular formula is C22H24N4O2S2. The van der Waals surface area contributed by atoms with Crippen molar-refractivity contribution >= 4 is 40.7 Å². The summed E-state index contributed by atoms with van der Waals surface area (Å²) in [4.78, 5) is 29.7. The van der Waals surface area contributed by atoms with Crippen LogP contribution in [0.4, 0.5) is 10.5 Å². The Morgan fingerprint density at radius 3 is 2.57 bits per heavy atom. The van der Waals surface area contributed by atoms with Gasteiger partial charge in [0.2, 0.25) is 0 Å². The van der Waals surface area contributed by atoms with Crippen molar-refractivity contribution < 1.29 is 9.59 Å². The van der Waals surface area contributed by atoms with E-state index in [0.29, 0.717) is 17.8 Å². The highest BCUT2D eigenvalue weighted by Gasteiger charge is 2.12. The minimum Gasteiger partial charge on any atom is -0.348 e. The lowest BCUT2D eigenvalue weighted by molar-refractivity contribution is 0.0948. The molecule has 1 heterocycles. The summed E-state index contributed by atoms with van der Waals surface area (Å²) in [5.74, 6) is 0.613. The normalized spacial score (nSPS) is 10.6. The van der Waals surface area contributed by atoms with Gasteiger partial charge in [0, 0.05) is 34.3 Å². The molecule has 0 radical (unpaired) electrons. The Hall–Kier alpha value is -2.84. The number of thioether (sulfide) groups is 1. The summed E-state index contributed by atoms with van der Waals surface area (Å²) < 4.78 is 0. The molecule has 30 heavy (non-hydrogen) atoms. The second kappa shape index (κ2) is 10.8. The van der Waals surface area contributed by atoms with Crippen molar-refractivity contribution in [3.63, 3.8) is 0 Å². The molecule has 1 aromatic heterocycles. The molecule has 3 N–H and O–H groups in total. The summed E-state index contributed by atoms with van der Waals surface area (Å²) in [6.07, 6.45) is 0. The van der Waals surface area contributed by atoms with Gasteiger partial charge in [-0.2, -0.15) is 0 Å². The summed E-state index contributed by atoms with van der Waals surface area (Å²) >= 11 is 3.17. The molecule has 2 aromatic carbocycles. The maximum Gasteiger partial charge on any atom is 0.319 e. The van der Waals surface area contributed by atoms with Crippen LogP contribution in [-0.2, 0) is 12.3 Å². The first-order chi connectivity index (χ1) is 14.5. The monoisotopic (exact) mass is 440 g/mol. The maximum absolute atomic E-state index is 12.7. The molecule has 156 valence electrons. The van der Waals surface area contributed by atoms with Gasteiger partial charge >= 0.3 is 6.03 Å². The molecule has 6 nitrogen and oxygen atoms in total. The van der Waals surface area contributed by atoms with Crippen LogP contribution in [-0.4, -0.2) is 23.0 Å². The van der Waals surface area contributed by atoms with Crippen molar-refractivity contribution in [2.24, 2.45) is 0 Å². The van der Waals surface area contributed by atoms with Crippen molar-refractivity contribution in [3.05, 3.63) is 76.2 Å². The van der Waals surface area contributed by atoms with Crippen molar-refractivity contribution in [2.75, 3.05) is 5.32 Å². The number of amides is 3.